The monoisotopic (exact) mass is 256 g/mol. The Kier molecular flexibility index (Phi) is 13.3. The van der Waals surface area contributed by atoms with E-state index in [9.17, 15) is 0 Å². The molecule has 0 heterocycles. The van der Waals surface area contributed by atoms with Crippen LogP contribution in [-0.2, 0) is 3.79 Å². The van der Waals surface area contributed by atoms with Crippen LogP contribution in [0.2, 0.25) is 10.6 Å². The van der Waals surface area contributed by atoms with E-state index in [0.29, 0.717) is 6.10 Å². The van der Waals surface area contributed by atoms with Gasteiger partial charge in [0.25, 0.3) is 0 Å². The average molecular weight is 256 g/mol. The molecule has 102 valence electrons. The summed E-state index contributed by atoms with van der Waals surface area (Å²) in [6.45, 7) is 8.95. The zero-order valence-corrected chi connectivity index (χ0v) is 13.8. The van der Waals surface area contributed by atoms with E-state index < -0.39 is 14.5 Å². The maximum Gasteiger partial charge on any atom is 0.460 e. The van der Waals surface area contributed by atoms with E-state index in [1.165, 1.54) is 61.9 Å². The van der Waals surface area contributed by atoms with Crippen LogP contribution >= 0.6 is 0 Å². The topological polar surface area (TPSA) is 9.23 Å². The minimum Gasteiger partial charge on any atom is -0.499 e. The fraction of sp³-hybridized carbons (Fsp3) is 1.00. The third-order valence-corrected chi connectivity index (χ3v) is 6.26. The molecule has 2 heteroatoms. The Balaban J connectivity index is 3.64. The highest BCUT2D eigenvalue weighted by atomic mass is 27.2. The van der Waals surface area contributed by atoms with Crippen molar-refractivity contribution in [1.29, 1.82) is 0 Å². The molecule has 0 radical (unpaired) electrons. The molecule has 0 saturated heterocycles. The summed E-state index contributed by atoms with van der Waals surface area (Å²) in [5, 5.41) is 2.81. The van der Waals surface area contributed by atoms with Gasteiger partial charge in [-0.05, 0) is 13.8 Å². The normalized spacial score (nSPS) is 11.1. The van der Waals surface area contributed by atoms with Gasteiger partial charge in [0.2, 0.25) is 0 Å². The van der Waals surface area contributed by atoms with Gasteiger partial charge in [0.15, 0.2) is 0 Å². The molecule has 0 unspecified atom stereocenters. The first-order valence-corrected chi connectivity index (χ1v) is 9.96. The van der Waals surface area contributed by atoms with Crippen LogP contribution in [0, 0.1) is 0 Å². The maximum absolute atomic E-state index is 6.15. The molecule has 0 atom stereocenters. The van der Waals surface area contributed by atoms with Crippen molar-refractivity contribution >= 4 is 14.5 Å². The molecule has 17 heavy (non-hydrogen) atoms. The van der Waals surface area contributed by atoms with Crippen molar-refractivity contribution in [2.75, 3.05) is 0 Å². The van der Waals surface area contributed by atoms with E-state index in [0.717, 1.165) is 0 Å². The number of hydrogen-bond acceptors (Lipinski definition) is 1. The molecule has 0 aliphatic heterocycles. The van der Waals surface area contributed by atoms with Gasteiger partial charge in [-0.25, -0.2) is 0 Å². The maximum atomic E-state index is 6.15. The predicted molar refractivity (Wildman–Crippen MR) is 79.9 cm³/mol. The molecule has 0 bridgehead atoms. The molecule has 0 aromatic rings. The first-order chi connectivity index (χ1) is 8.20. The van der Waals surface area contributed by atoms with E-state index in [1.54, 1.807) is 0 Å². The van der Waals surface area contributed by atoms with Crippen molar-refractivity contribution < 1.29 is 3.79 Å². The first-order valence-electron chi connectivity index (χ1n) is 7.86. The lowest BCUT2D eigenvalue weighted by atomic mass is 10.2. The molecule has 0 rings (SSSR count). The van der Waals surface area contributed by atoms with Crippen molar-refractivity contribution in [3.63, 3.8) is 0 Å². The molecule has 0 aliphatic rings. The summed E-state index contributed by atoms with van der Waals surface area (Å²) in [7, 11) is 0. The Bertz CT molecular complexity index is 136. The fourth-order valence-electron chi connectivity index (χ4n) is 2.26. The Hall–Kier alpha value is 0.492. The second kappa shape index (κ2) is 12.9. The Morgan fingerprint density at radius 2 is 1.24 bits per heavy atom. The minimum atomic E-state index is -0.877. The van der Waals surface area contributed by atoms with Crippen LogP contribution in [0.4, 0.5) is 0 Å². The SMILES string of the molecule is CCCCC[CH2][Al]([CH2]CCCCC)[O]C(C)C. The number of unbranched alkanes of at least 4 members (excludes halogenated alkanes) is 6. The Morgan fingerprint density at radius 3 is 1.59 bits per heavy atom. The van der Waals surface area contributed by atoms with E-state index in [1.807, 2.05) is 0 Å². The van der Waals surface area contributed by atoms with Crippen LogP contribution in [0.5, 0.6) is 0 Å². The summed E-state index contributed by atoms with van der Waals surface area (Å²) < 4.78 is 6.15. The highest BCUT2D eigenvalue weighted by Gasteiger charge is 2.20. The molecule has 0 spiro atoms. The summed E-state index contributed by atoms with van der Waals surface area (Å²) in [4.78, 5) is 0. The zero-order valence-electron chi connectivity index (χ0n) is 12.6. The standard InChI is InChI=1S/2C6H13.C3H7O.Al/c2*1-3-5-6-4-2;1-3(2)4;/h2*1,3-6H2,2H3;3H,1-2H3;/q;;-1;+1. The molecule has 1 nitrogen and oxygen atoms in total. The van der Waals surface area contributed by atoms with Gasteiger partial charge in [0.05, 0.1) is 0 Å². The molecule has 0 saturated carbocycles. The Labute approximate surface area is 114 Å². The van der Waals surface area contributed by atoms with Gasteiger partial charge in [-0.2, -0.15) is 0 Å². The minimum absolute atomic E-state index is 0.448. The molecular weight excluding hydrogens is 223 g/mol. The summed E-state index contributed by atoms with van der Waals surface area (Å²) in [5.41, 5.74) is 0. The van der Waals surface area contributed by atoms with Crippen LogP contribution in [0.15, 0.2) is 0 Å². The highest BCUT2D eigenvalue weighted by molar-refractivity contribution is 6.51. The summed E-state index contributed by atoms with van der Waals surface area (Å²) in [6.07, 6.45) is 11.6. The summed E-state index contributed by atoms with van der Waals surface area (Å²) >= 11 is -0.877. The van der Waals surface area contributed by atoms with Crippen molar-refractivity contribution in [2.45, 2.75) is 95.7 Å². The van der Waals surface area contributed by atoms with Crippen LogP contribution < -0.4 is 0 Å². The summed E-state index contributed by atoms with van der Waals surface area (Å²) in [5.74, 6) is 0. The van der Waals surface area contributed by atoms with Crippen molar-refractivity contribution in [3.05, 3.63) is 0 Å². The lowest BCUT2D eigenvalue weighted by molar-refractivity contribution is 0.239. The van der Waals surface area contributed by atoms with Gasteiger partial charge >= 0.3 is 14.5 Å². The molecule has 0 aromatic carbocycles. The molecule has 0 amide bonds. The van der Waals surface area contributed by atoms with Crippen molar-refractivity contribution in [3.8, 4) is 0 Å². The predicted octanol–water partition coefficient (Wildman–Crippen LogP) is 5.56. The largest absolute Gasteiger partial charge is 0.499 e. The van der Waals surface area contributed by atoms with Gasteiger partial charge in [-0.15, -0.1) is 0 Å². The zero-order chi connectivity index (χ0) is 12.9. The molecule has 0 aliphatic carbocycles. The lowest BCUT2D eigenvalue weighted by Crippen LogP contribution is -2.22. The molecular formula is C15H33AlO. The highest BCUT2D eigenvalue weighted by Crippen LogP contribution is 2.15. The number of rotatable bonds is 12. The first kappa shape index (κ1) is 17.5. The van der Waals surface area contributed by atoms with Crippen LogP contribution in [0.3, 0.4) is 0 Å². The van der Waals surface area contributed by atoms with E-state index in [2.05, 4.69) is 27.7 Å². The van der Waals surface area contributed by atoms with Gasteiger partial charge in [-0.1, -0.05) is 75.8 Å². The van der Waals surface area contributed by atoms with Gasteiger partial charge < -0.3 is 3.79 Å². The molecule has 0 N–H and O–H groups in total. The third kappa shape index (κ3) is 12.7. The second-order valence-corrected chi connectivity index (χ2v) is 8.18. The smallest absolute Gasteiger partial charge is 0.460 e. The van der Waals surface area contributed by atoms with Gasteiger partial charge in [0, 0.05) is 6.10 Å². The van der Waals surface area contributed by atoms with E-state index >= 15 is 0 Å². The number of hydrogen-bond donors (Lipinski definition) is 0. The fourth-order valence-corrected chi connectivity index (χ4v) is 5.08. The summed E-state index contributed by atoms with van der Waals surface area (Å²) in [6, 6.07) is 0. The lowest BCUT2D eigenvalue weighted by Gasteiger charge is -2.16. The second-order valence-electron chi connectivity index (χ2n) is 5.51. The third-order valence-electron chi connectivity index (χ3n) is 3.22. The van der Waals surface area contributed by atoms with E-state index in [4.69, 9.17) is 3.79 Å². The van der Waals surface area contributed by atoms with Crippen molar-refractivity contribution in [2.24, 2.45) is 0 Å². The van der Waals surface area contributed by atoms with Crippen LogP contribution in [0.25, 0.3) is 0 Å². The average Bonchev–Trinajstić information content (AvgIpc) is 2.29. The van der Waals surface area contributed by atoms with E-state index in [-0.39, 0.29) is 0 Å². The quantitative estimate of drug-likeness (QED) is 0.328. The Morgan fingerprint density at radius 1 is 0.765 bits per heavy atom. The van der Waals surface area contributed by atoms with Crippen LogP contribution in [0.1, 0.15) is 79.1 Å². The van der Waals surface area contributed by atoms with Crippen molar-refractivity contribution in [1.82, 2.24) is 0 Å². The van der Waals surface area contributed by atoms with Gasteiger partial charge in [-0.3, -0.25) is 0 Å². The van der Waals surface area contributed by atoms with Crippen LogP contribution in [-0.4, -0.2) is 20.6 Å². The molecule has 0 fully saturated rings. The molecule has 0 aromatic heterocycles. The van der Waals surface area contributed by atoms with Gasteiger partial charge in [0.1, 0.15) is 0 Å².